The van der Waals surface area contributed by atoms with Gasteiger partial charge < -0.3 is 5.73 Å². The minimum absolute atomic E-state index is 0.728. The molecule has 0 radical (unpaired) electrons. The lowest BCUT2D eigenvalue weighted by Gasteiger charge is -2.04. The van der Waals surface area contributed by atoms with E-state index in [1.807, 2.05) is 24.7 Å². The van der Waals surface area contributed by atoms with Gasteiger partial charge in [-0.1, -0.05) is 0 Å². The number of anilines is 1. The second kappa shape index (κ2) is 4.57. The van der Waals surface area contributed by atoms with E-state index in [4.69, 9.17) is 5.73 Å². The number of nitrogens with two attached hydrogens (primary N) is 1. The summed E-state index contributed by atoms with van der Waals surface area (Å²) in [7, 11) is 1.96. The zero-order valence-electron chi connectivity index (χ0n) is 9.34. The highest BCUT2D eigenvalue weighted by Crippen LogP contribution is 2.26. The van der Waals surface area contributed by atoms with Gasteiger partial charge in [-0.15, -0.1) is 11.8 Å². The van der Waals surface area contributed by atoms with E-state index in [1.165, 1.54) is 5.69 Å². The minimum atomic E-state index is 0.728. The number of aryl methyl sites for hydroxylation is 2. The number of pyridine rings is 1. The van der Waals surface area contributed by atoms with Crippen molar-refractivity contribution in [3.05, 3.63) is 35.9 Å². The average Bonchev–Trinajstić information content (AvgIpc) is 2.56. The van der Waals surface area contributed by atoms with Gasteiger partial charge in [0.2, 0.25) is 0 Å². The van der Waals surface area contributed by atoms with Gasteiger partial charge in [0, 0.05) is 29.6 Å². The molecule has 4 nitrogen and oxygen atoms in total. The van der Waals surface area contributed by atoms with Crippen molar-refractivity contribution in [2.75, 3.05) is 5.73 Å². The molecule has 0 unspecified atom stereocenters. The van der Waals surface area contributed by atoms with Crippen LogP contribution < -0.4 is 5.73 Å². The predicted molar refractivity (Wildman–Crippen MR) is 66.2 cm³/mol. The zero-order valence-corrected chi connectivity index (χ0v) is 10.2. The molecule has 0 saturated carbocycles. The van der Waals surface area contributed by atoms with Gasteiger partial charge in [0.05, 0.1) is 17.6 Å². The van der Waals surface area contributed by atoms with E-state index in [-0.39, 0.29) is 0 Å². The van der Waals surface area contributed by atoms with Crippen LogP contribution in [-0.4, -0.2) is 14.8 Å². The summed E-state index contributed by atoms with van der Waals surface area (Å²) in [6, 6.07) is 4.02. The van der Waals surface area contributed by atoms with Gasteiger partial charge in [-0.05, 0) is 19.1 Å². The molecular formula is C11H14N4S. The Morgan fingerprint density at radius 2 is 2.31 bits per heavy atom. The van der Waals surface area contributed by atoms with Crippen LogP contribution in [0.1, 0.15) is 11.4 Å². The molecule has 0 amide bonds. The van der Waals surface area contributed by atoms with Crippen LogP contribution in [0.4, 0.5) is 5.69 Å². The first-order chi connectivity index (χ1) is 7.66. The Hall–Kier alpha value is -1.49. The second-order valence-corrected chi connectivity index (χ2v) is 4.62. The van der Waals surface area contributed by atoms with Crippen molar-refractivity contribution in [2.45, 2.75) is 17.6 Å². The number of nitrogens with zero attached hydrogens (tertiary/aromatic N) is 3. The average molecular weight is 234 g/mol. The molecule has 0 saturated heterocycles. The Balaban J connectivity index is 2.08. The first-order valence-electron chi connectivity index (χ1n) is 4.98. The number of hydrogen-bond acceptors (Lipinski definition) is 4. The summed E-state index contributed by atoms with van der Waals surface area (Å²) < 4.78 is 1.90. The third kappa shape index (κ3) is 2.36. The van der Waals surface area contributed by atoms with E-state index in [1.54, 1.807) is 24.2 Å². The lowest BCUT2D eigenvalue weighted by molar-refractivity contribution is 0.727. The summed E-state index contributed by atoms with van der Waals surface area (Å²) in [6.07, 6.45) is 3.43. The highest BCUT2D eigenvalue weighted by molar-refractivity contribution is 7.98. The van der Waals surface area contributed by atoms with Gasteiger partial charge >= 0.3 is 0 Å². The summed E-state index contributed by atoms with van der Waals surface area (Å²) in [5.74, 6) is 0.867. The highest BCUT2D eigenvalue weighted by atomic mass is 32.2. The summed E-state index contributed by atoms with van der Waals surface area (Å²) in [4.78, 5) is 5.03. The van der Waals surface area contributed by atoms with Crippen molar-refractivity contribution in [1.82, 2.24) is 14.8 Å². The molecule has 2 heterocycles. The van der Waals surface area contributed by atoms with Crippen LogP contribution in [0.5, 0.6) is 0 Å². The quantitative estimate of drug-likeness (QED) is 0.825. The minimum Gasteiger partial charge on any atom is -0.397 e. The molecular weight excluding hydrogens is 220 g/mol. The van der Waals surface area contributed by atoms with Crippen LogP contribution >= 0.6 is 11.8 Å². The fourth-order valence-electron chi connectivity index (χ4n) is 1.48. The topological polar surface area (TPSA) is 56.7 Å². The maximum absolute atomic E-state index is 5.82. The molecule has 0 aliphatic rings. The van der Waals surface area contributed by atoms with Crippen LogP contribution in [0.3, 0.4) is 0 Å². The third-order valence-electron chi connectivity index (χ3n) is 2.28. The molecule has 2 rings (SSSR count). The fraction of sp³-hybridized carbons (Fsp3) is 0.273. The maximum atomic E-state index is 5.82. The van der Waals surface area contributed by atoms with Crippen LogP contribution in [0, 0.1) is 6.92 Å². The SMILES string of the molecule is Cc1cc(CSc2ccncc2N)n(C)n1. The monoisotopic (exact) mass is 234 g/mol. The van der Waals surface area contributed by atoms with E-state index < -0.39 is 0 Å². The first-order valence-corrected chi connectivity index (χ1v) is 5.97. The lowest BCUT2D eigenvalue weighted by Crippen LogP contribution is -1.97. The normalized spacial score (nSPS) is 10.6. The molecule has 0 aliphatic heterocycles. The molecule has 84 valence electrons. The van der Waals surface area contributed by atoms with E-state index in [0.717, 1.165) is 22.0 Å². The summed E-state index contributed by atoms with van der Waals surface area (Å²) in [6.45, 7) is 2.00. The number of rotatable bonds is 3. The molecule has 0 atom stereocenters. The van der Waals surface area contributed by atoms with Gasteiger partial charge in [-0.2, -0.15) is 5.10 Å². The molecule has 0 bridgehead atoms. The number of thioether (sulfide) groups is 1. The Labute approximate surface area is 98.9 Å². The molecule has 2 N–H and O–H groups in total. The van der Waals surface area contributed by atoms with E-state index in [2.05, 4.69) is 16.1 Å². The van der Waals surface area contributed by atoms with Crippen molar-refractivity contribution in [3.63, 3.8) is 0 Å². The van der Waals surface area contributed by atoms with Crippen LogP contribution in [0.25, 0.3) is 0 Å². The Bertz CT molecular complexity index is 492. The first kappa shape index (κ1) is 11.0. The van der Waals surface area contributed by atoms with Crippen LogP contribution in [0.15, 0.2) is 29.4 Å². The molecule has 0 aromatic carbocycles. The second-order valence-electron chi connectivity index (χ2n) is 3.60. The molecule has 0 spiro atoms. The number of nitrogen functional groups attached to an aromatic ring is 1. The highest BCUT2D eigenvalue weighted by Gasteiger charge is 2.04. The molecule has 0 fully saturated rings. The van der Waals surface area contributed by atoms with Crippen molar-refractivity contribution in [3.8, 4) is 0 Å². The largest absolute Gasteiger partial charge is 0.397 e. The molecule has 2 aromatic rings. The van der Waals surface area contributed by atoms with Crippen molar-refractivity contribution in [1.29, 1.82) is 0 Å². The molecule has 16 heavy (non-hydrogen) atoms. The van der Waals surface area contributed by atoms with Gasteiger partial charge in [0.15, 0.2) is 0 Å². The zero-order chi connectivity index (χ0) is 11.5. The molecule has 0 aliphatic carbocycles. The van der Waals surface area contributed by atoms with Gasteiger partial charge in [0.1, 0.15) is 0 Å². The van der Waals surface area contributed by atoms with E-state index in [9.17, 15) is 0 Å². The van der Waals surface area contributed by atoms with Crippen LogP contribution in [-0.2, 0) is 12.8 Å². The molecule has 2 aromatic heterocycles. The maximum Gasteiger partial charge on any atom is 0.0638 e. The van der Waals surface area contributed by atoms with Crippen molar-refractivity contribution >= 4 is 17.4 Å². The van der Waals surface area contributed by atoms with Gasteiger partial charge in [0.25, 0.3) is 0 Å². The predicted octanol–water partition coefficient (Wildman–Crippen LogP) is 2.00. The third-order valence-corrected chi connectivity index (χ3v) is 3.41. The van der Waals surface area contributed by atoms with Crippen molar-refractivity contribution in [2.24, 2.45) is 7.05 Å². The van der Waals surface area contributed by atoms with Crippen LogP contribution in [0.2, 0.25) is 0 Å². The number of hydrogen-bond donors (Lipinski definition) is 1. The van der Waals surface area contributed by atoms with Crippen molar-refractivity contribution < 1.29 is 0 Å². The summed E-state index contributed by atoms with van der Waals surface area (Å²) >= 11 is 1.70. The van der Waals surface area contributed by atoms with E-state index in [0.29, 0.717) is 0 Å². The van der Waals surface area contributed by atoms with E-state index >= 15 is 0 Å². The lowest BCUT2D eigenvalue weighted by atomic mass is 10.4. The Morgan fingerprint density at radius 1 is 1.50 bits per heavy atom. The smallest absolute Gasteiger partial charge is 0.0638 e. The summed E-state index contributed by atoms with van der Waals surface area (Å²) in [5.41, 5.74) is 8.79. The molecule has 5 heteroatoms. The Morgan fingerprint density at radius 3 is 2.94 bits per heavy atom. The van der Waals surface area contributed by atoms with Gasteiger partial charge in [-0.3, -0.25) is 9.67 Å². The standard InChI is InChI=1S/C11H14N4S/c1-8-5-9(15(2)14-8)7-16-11-3-4-13-6-10(11)12/h3-6H,7,12H2,1-2H3. The van der Waals surface area contributed by atoms with Gasteiger partial charge in [-0.25, -0.2) is 0 Å². The Kier molecular flexibility index (Phi) is 3.14. The number of aromatic nitrogens is 3. The fourth-order valence-corrected chi connectivity index (χ4v) is 2.43. The summed E-state index contributed by atoms with van der Waals surface area (Å²) in [5, 5.41) is 4.31.